The minimum atomic E-state index is -0.475. The molecular formula is C23H23ClN2O5. The van der Waals surface area contributed by atoms with Crippen molar-refractivity contribution in [2.75, 3.05) is 13.7 Å². The predicted octanol–water partition coefficient (Wildman–Crippen LogP) is 3.62. The van der Waals surface area contributed by atoms with Gasteiger partial charge in [-0.1, -0.05) is 23.7 Å². The Morgan fingerprint density at radius 2 is 1.90 bits per heavy atom. The van der Waals surface area contributed by atoms with E-state index < -0.39 is 6.10 Å². The average molecular weight is 443 g/mol. The third kappa shape index (κ3) is 5.37. The molecule has 0 bridgehead atoms. The summed E-state index contributed by atoms with van der Waals surface area (Å²) < 4.78 is 18.1. The zero-order valence-corrected chi connectivity index (χ0v) is 17.8. The highest BCUT2D eigenvalue weighted by atomic mass is 35.5. The van der Waals surface area contributed by atoms with Gasteiger partial charge >= 0.3 is 0 Å². The Morgan fingerprint density at radius 1 is 1.13 bits per heavy atom. The Labute approximate surface area is 184 Å². The minimum absolute atomic E-state index is 0.210. The molecule has 7 nitrogen and oxygen atoms in total. The zero-order chi connectivity index (χ0) is 21.8. The van der Waals surface area contributed by atoms with E-state index in [0.717, 1.165) is 18.4 Å². The van der Waals surface area contributed by atoms with Crippen molar-refractivity contribution in [3.8, 4) is 23.1 Å². The molecular weight excluding hydrogens is 420 g/mol. The Balaban J connectivity index is 1.45. The number of hydrogen-bond donors (Lipinski definition) is 1. The Morgan fingerprint density at radius 3 is 2.58 bits per heavy atom. The van der Waals surface area contributed by atoms with E-state index in [0.29, 0.717) is 28.1 Å². The van der Waals surface area contributed by atoms with Crippen molar-refractivity contribution in [3.63, 3.8) is 0 Å². The van der Waals surface area contributed by atoms with Crippen molar-refractivity contribution in [2.45, 2.75) is 25.6 Å². The molecule has 1 aromatic heterocycles. The monoisotopic (exact) mass is 442 g/mol. The lowest BCUT2D eigenvalue weighted by atomic mass is 10.2. The van der Waals surface area contributed by atoms with Crippen molar-refractivity contribution in [1.29, 1.82) is 0 Å². The van der Waals surface area contributed by atoms with E-state index in [1.165, 1.54) is 24.1 Å². The van der Waals surface area contributed by atoms with Crippen LogP contribution in [0.4, 0.5) is 0 Å². The lowest BCUT2D eigenvalue weighted by molar-refractivity contribution is 0.0880. The van der Waals surface area contributed by atoms with Crippen molar-refractivity contribution >= 4 is 11.6 Å². The normalized spacial score (nSPS) is 14.2. The molecule has 1 fully saturated rings. The summed E-state index contributed by atoms with van der Waals surface area (Å²) in [4.78, 5) is 16.8. The second-order valence-corrected chi connectivity index (χ2v) is 7.84. The van der Waals surface area contributed by atoms with Crippen molar-refractivity contribution in [2.24, 2.45) is 5.92 Å². The smallest absolute Gasteiger partial charge is 0.261 e. The highest BCUT2D eigenvalue weighted by Gasteiger charge is 2.30. The summed E-state index contributed by atoms with van der Waals surface area (Å²) in [7, 11) is 1.53. The van der Waals surface area contributed by atoms with Gasteiger partial charge in [0.15, 0.2) is 11.5 Å². The largest absolute Gasteiger partial charge is 0.493 e. The predicted molar refractivity (Wildman–Crippen MR) is 116 cm³/mol. The topological polar surface area (TPSA) is 82.8 Å². The fraction of sp³-hybridized carbons (Fsp3) is 0.304. The summed E-state index contributed by atoms with van der Waals surface area (Å²) in [6.07, 6.45) is 3.01. The molecule has 31 heavy (non-hydrogen) atoms. The molecule has 162 valence electrons. The first-order valence-electron chi connectivity index (χ1n) is 9.98. The molecule has 0 amide bonds. The van der Waals surface area contributed by atoms with Crippen molar-refractivity contribution < 1.29 is 19.3 Å². The van der Waals surface area contributed by atoms with Crippen LogP contribution in [0.5, 0.6) is 17.4 Å². The number of ether oxygens (including phenoxy) is 3. The quantitative estimate of drug-likeness (QED) is 0.545. The van der Waals surface area contributed by atoms with Crippen LogP contribution >= 0.6 is 11.6 Å². The molecule has 1 aliphatic rings. The molecule has 0 radical (unpaired) electrons. The Kier molecular flexibility index (Phi) is 6.44. The van der Waals surface area contributed by atoms with Gasteiger partial charge in [-0.2, -0.15) is 0 Å². The van der Waals surface area contributed by atoms with Gasteiger partial charge < -0.3 is 19.3 Å². The lowest BCUT2D eigenvalue weighted by Gasteiger charge is -2.15. The number of rotatable bonds is 9. The number of hydrogen-bond acceptors (Lipinski definition) is 6. The molecule has 4 rings (SSSR count). The van der Waals surface area contributed by atoms with Gasteiger partial charge in [-0.15, -0.1) is 0 Å². The second kappa shape index (κ2) is 9.41. The van der Waals surface area contributed by atoms with E-state index >= 15 is 0 Å². The standard InChI is InChI=1S/C23H23ClN2O5/c1-29-21-10-18(8-9-20(21)30-13-19(27)16-4-5-16)26-14-25-22(11-23(26)28)31-12-15-2-6-17(24)7-3-15/h2-3,6-11,14,16,19,27H,4-5,12-13H2,1H3. The van der Waals surface area contributed by atoms with E-state index in [4.69, 9.17) is 25.8 Å². The molecule has 1 atom stereocenters. The van der Waals surface area contributed by atoms with Crippen LogP contribution in [0.15, 0.2) is 59.7 Å². The lowest BCUT2D eigenvalue weighted by Crippen LogP contribution is -2.20. The molecule has 0 aliphatic heterocycles. The summed E-state index contributed by atoms with van der Waals surface area (Å²) in [5.74, 6) is 1.54. The van der Waals surface area contributed by atoms with Gasteiger partial charge in [0, 0.05) is 11.1 Å². The van der Waals surface area contributed by atoms with Crippen LogP contribution < -0.4 is 19.8 Å². The van der Waals surface area contributed by atoms with Gasteiger partial charge in [-0.05, 0) is 48.6 Å². The fourth-order valence-corrected chi connectivity index (χ4v) is 3.24. The highest BCUT2D eigenvalue weighted by molar-refractivity contribution is 6.30. The van der Waals surface area contributed by atoms with Crippen LogP contribution in [0.25, 0.3) is 5.69 Å². The summed E-state index contributed by atoms with van der Waals surface area (Å²) in [5.41, 5.74) is 1.21. The van der Waals surface area contributed by atoms with Crippen LogP contribution in [0.3, 0.4) is 0 Å². The first-order chi connectivity index (χ1) is 15.0. The van der Waals surface area contributed by atoms with Crippen LogP contribution in [-0.2, 0) is 6.61 Å². The highest BCUT2D eigenvalue weighted by Crippen LogP contribution is 2.34. The van der Waals surface area contributed by atoms with Gasteiger partial charge in [0.1, 0.15) is 19.5 Å². The number of methoxy groups -OCH3 is 1. The molecule has 0 saturated heterocycles. The van der Waals surface area contributed by atoms with E-state index in [9.17, 15) is 9.90 Å². The summed E-state index contributed by atoms with van der Waals surface area (Å²) in [5, 5.41) is 10.6. The number of nitrogens with zero attached hydrogens (tertiary/aromatic N) is 2. The summed E-state index contributed by atoms with van der Waals surface area (Å²) in [6, 6.07) is 13.7. The Hall–Kier alpha value is -3.03. The molecule has 0 spiro atoms. The van der Waals surface area contributed by atoms with Crippen molar-refractivity contribution in [1.82, 2.24) is 9.55 Å². The number of aliphatic hydroxyl groups excluding tert-OH is 1. The number of aromatic nitrogens is 2. The van der Waals surface area contributed by atoms with E-state index in [1.54, 1.807) is 30.3 Å². The van der Waals surface area contributed by atoms with E-state index in [2.05, 4.69) is 4.98 Å². The van der Waals surface area contributed by atoms with Crippen LogP contribution in [-0.4, -0.2) is 34.5 Å². The fourth-order valence-electron chi connectivity index (χ4n) is 3.11. The zero-order valence-electron chi connectivity index (χ0n) is 17.0. The van der Waals surface area contributed by atoms with E-state index in [-0.39, 0.29) is 24.7 Å². The number of aliphatic hydroxyl groups is 1. The Bertz CT molecular complexity index is 1100. The molecule has 8 heteroatoms. The molecule has 1 unspecified atom stereocenters. The van der Waals surface area contributed by atoms with Crippen LogP contribution in [0.2, 0.25) is 5.02 Å². The molecule has 1 N–H and O–H groups in total. The average Bonchev–Trinajstić information content (AvgIpc) is 3.63. The van der Waals surface area contributed by atoms with Gasteiger partial charge in [-0.3, -0.25) is 9.36 Å². The first kappa shape index (κ1) is 21.2. The van der Waals surface area contributed by atoms with Gasteiger partial charge in [0.2, 0.25) is 5.88 Å². The third-order valence-corrected chi connectivity index (χ3v) is 5.34. The third-order valence-electron chi connectivity index (χ3n) is 5.09. The van der Waals surface area contributed by atoms with E-state index in [1.807, 2.05) is 12.1 Å². The number of halogens is 1. The SMILES string of the molecule is COc1cc(-n2cnc(OCc3ccc(Cl)cc3)cc2=O)ccc1OCC(O)C1CC1. The van der Waals surface area contributed by atoms with Gasteiger partial charge in [-0.25, -0.2) is 4.98 Å². The summed E-state index contributed by atoms with van der Waals surface area (Å²) >= 11 is 5.88. The summed E-state index contributed by atoms with van der Waals surface area (Å²) in [6.45, 7) is 0.488. The van der Waals surface area contributed by atoms with Gasteiger partial charge in [0.05, 0.1) is 25.0 Å². The maximum atomic E-state index is 12.6. The van der Waals surface area contributed by atoms with Gasteiger partial charge in [0.25, 0.3) is 5.56 Å². The first-order valence-corrected chi connectivity index (χ1v) is 10.4. The second-order valence-electron chi connectivity index (χ2n) is 7.40. The van der Waals surface area contributed by atoms with Crippen molar-refractivity contribution in [3.05, 3.63) is 75.8 Å². The number of benzene rings is 2. The molecule has 1 aliphatic carbocycles. The van der Waals surface area contributed by atoms with Crippen LogP contribution in [0, 0.1) is 5.92 Å². The maximum absolute atomic E-state index is 12.6. The molecule has 1 saturated carbocycles. The molecule has 1 heterocycles. The maximum Gasteiger partial charge on any atom is 0.261 e. The molecule has 2 aromatic carbocycles. The van der Waals surface area contributed by atoms with Crippen LogP contribution in [0.1, 0.15) is 18.4 Å². The molecule has 3 aromatic rings. The minimum Gasteiger partial charge on any atom is -0.493 e.